The molecule has 2 N–H and O–H groups in total. The lowest BCUT2D eigenvalue weighted by atomic mass is 10.1. The van der Waals surface area contributed by atoms with Gasteiger partial charge in [0.2, 0.25) is 0 Å². The first kappa shape index (κ1) is 12.2. The number of hydrogen-bond acceptors (Lipinski definition) is 3. The van der Waals surface area contributed by atoms with Gasteiger partial charge in [-0.3, -0.25) is 0 Å². The van der Waals surface area contributed by atoms with Gasteiger partial charge in [0, 0.05) is 18.5 Å². The molecule has 0 aliphatic heterocycles. The Hall–Kier alpha value is -0.900. The third-order valence-electron chi connectivity index (χ3n) is 2.53. The molecule has 0 saturated carbocycles. The van der Waals surface area contributed by atoms with Crippen LogP contribution >= 0.6 is 0 Å². The van der Waals surface area contributed by atoms with Crippen molar-refractivity contribution in [2.45, 2.75) is 58.5 Å². The van der Waals surface area contributed by atoms with Crippen molar-refractivity contribution >= 4 is 0 Å². The minimum absolute atomic E-state index is 0.298. The Balaban J connectivity index is 2.46. The van der Waals surface area contributed by atoms with Crippen LogP contribution in [-0.2, 0) is 6.42 Å². The Bertz CT molecular complexity index is 280. The average Bonchev–Trinajstić information content (AvgIpc) is 2.63. The Morgan fingerprint density at radius 1 is 1.40 bits per heavy atom. The first-order valence-electron chi connectivity index (χ1n) is 5.79. The van der Waals surface area contributed by atoms with Crippen molar-refractivity contribution in [3.63, 3.8) is 0 Å². The van der Waals surface area contributed by atoms with E-state index in [2.05, 4.69) is 30.9 Å². The highest BCUT2D eigenvalue weighted by Gasteiger charge is 2.09. The van der Waals surface area contributed by atoms with Crippen LogP contribution < -0.4 is 5.73 Å². The minimum Gasteiger partial charge on any atom is -0.328 e. The molecule has 1 aromatic rings. The molecule has 15 heavy (non-hydrogen) atoms. The predicted molar refractivity (Wildman–Crippen MR) is 61.6 cm³/mol. The lowest BCUT2D eigenvalue weighted by molar-refractivity contribution is 0.483. The van der Waals surface area contributed by atoms with Crippen LogP contribution in [0.1, 0.15) is 51.9 Å². The molecule has 86 valence electrons. The van der Waals surface area contributed by atoms with E-state index in [-0.39, 0.29) is 0 Å². The SMILES string of the molecule is CCCC(N)CCc1ncnn1C(C)C. The lowest BCUT2D eigenvalue weighted by Gasteiger charge is -2.12. The van der Waals surface area contributed by atoms with E-state index in [4.69, 9.17) is 5.73 Å². The fraction of sp³-hybridized carbons (Fsp3) is 0.818. The number of aryl methyl sites for hydroxylation is 1. The molecule has 1 aromatic heterocycles. The summed E-state index contributed by atoms with van der Waals surface area (Å²) in [6.45, 7) is 6.39. The maximum Gasteiger partial charge on any atom is 0.138 e. The van der Waals surface area contributed by atoms with Crippen molar-refractivity contribution < 1.29 is 0 Å². The molecular weight excluding hydrogens is 188 g/mol. The van der Waals surface area contributed by atoms with Crippen molar-refractivity contribution in [2.75, 3.05) is 0 Å². The van der Waals surface area contributed by atoms with Gasteiger partial charge in [-0.2, -0.15) is 5.10 Å². The summed E-state index contributed by atoms with van der Waals surface area (Å²) in [7, 11) is 0. The minimum atomic E-state index is 0.298. The van der Waals surface area contributed by atoms with Gasteiger partial charge in [0.25, 0.3) is 0 Å². The molecular formula is C11H22N4. The molecule has 0 bridgehead atoms. The molecule has 1 heterocycles. The second-order valence-electron chi connectivity index (χ2n) is 4.30. The molecule has 0 aliphatic rings. The van der Waals surface area contributed by atoms with E-state index in [1.165, 1.54) is 0 Å². The monoisotopic (exact) mass is 210 g/mol. The largest absolute Gasteiger partial charge is 0.328 e. The van der Waals surface area contributed by atoms with Crippen LogP contribution in [0.3, 0.4) is 0 Å². The lowest BCUT2D eigenvalue weighted by Crippen LogP contribution is -2.21. The summed E-state index contributed by atoms with van der Waals surface area (Å²) in [5.41, 5.74) is 5.97. The van der Waals surface area contributed by atoms with E-state index in [9.17, 15) is 0 Å². The fourth-order valence-electron chi connectivity index (χ4n) is 1.71. The predicted octanol–water partition coefficient (Wildman–Crippen LogP) is 1.92. The van der Waals surface area contributed by atoms with E-state index < -0.39 is 0 Å². The fourth-order valence-corrected chi connectivity index (χ4v) is 1.71. The van der Waals surface area contributed by atoms with Crippen molar-refractivity contribution in [3.8, 4) is 0 Å². The molecule has 0 saturated heterocycles. The molecule has 0 aromatic carbocycles. The number of nitrogens with zero attached hydrogens (tertiary/aromatic N) is 3. The second-order valence-corrected chi connectivity index (χ2v) is 4.30. The Morgan fingerprint density at radius 3 is 2.73 bits per heavy atom. The molecule has 0 spiro atoms. The van der Waals surface area contributed by atoms with Crippen molar-refractivity contribution in [3.05, 3.63) is 12.2 Å². The maximum atomic E-state index is 5.97. The quantitative estimate of drug-likeness (QED) is 0.780. The van der Waals surface area contributed by atoms with Gasteiger partial charge < -0.3 is 5.73 Å². The molecule has 1 atom stereocenters. The Labute approximate surface area is 91.9 Å². The number of aromatic nitrogens is 3. The van der Waals surface area contributed by atoms with Gasteiger partial charge in [-0.25, -0.2) is 9.67 Å². The van der Waals surface area contributed by atoms with Gasteiger partial charge in [-0.15, -0.1) is 0 Å². The Morgan fingerprint density at radius 2 is 2.13 bits per heavy atom. The topological polar surface area (TPSA) is 56.7 Å². The second kappa shape index (κ2) is 5.85. The zero-order chi connectivity index (χ0) is 11.3. The van der Waals surface area contributed by atoms with Gasteiger partial charge >= 0.3 is 0 Å². The van der Waals surface area contributed by atoms with Crippen LogP contribution in [0.5, 0.6) is 0 Å². The molecule has 0 radical (unpaired) electrons. The van der Waals surface area contributed by atoms with E-state index in [1.807, 2.05) is 4.68 Å². The van der Waals surface area contributed by atoms with Crippen LogP contribution in [0, 0.1) is 0 Å². The summed E-state index contributed by atoms with van der Waals surface area (Å²) in [6, 6.07) is 0.678. The van der Waals surface area contributed by atoms with Gasteiger partial charge in [0.15, 0.2) is 0 Å². The zero-order valence-electron chi connectivity index (χ0n) is 9.98. The van der Waals surface area contributed by atoms with E-state index >= 15 is 0 Å². The van der Waals surface area contributed by atoms with Gasteiger partial charge in [-0.1, -0.05) is 13.3 Å². The van der Waals surface area contributed by atoms with Gasteiger partial charge in [0.05, 0.1) is 0 Å². The summed E-state index contributed by atoms with van der Waals surface area (Å²) in [5.74, 6) is 1.05. The first-order chi connectivity index (χ1) is 7.15. The molecule has 0 aliphatic carbocycles. The summed E-state index contributed by atoms with van der Waals surface area (Å²) in [4.78, 5) is 4.27. The highest BCUT2D eigenvalue weighted by molar-refractivity contribution is 4.87. The van der Waals surface area contributed by atoms with Crippen molar-refractivity contribution in [1.29, 1.82) is 0 Å². The summed E-state index contributed by atoms with van der Waals surface area (Å²) >= 11 is 0. The standard InChI is InChI=1S/C11H22N4/c1-4-5-10(12)6-7-11-13-8-14-15(11)9(2)3/h8-10H,4-7,12H2,1-3H3. The summed E-state index contributed by atoms with van der Waals surface area (Å²) in [5, 5.41) is 4.20. The van der Waals surface area contributed by atoms with E-state index in [0.717, 1.165) is 31.5 Å². The maximum absolute atomic E-state index is 5.97. The highest BCUT2D eigenvalue weighted by atomic mass is 15.3. The van der Waals surface area contributed by atoms with Crippen LogP contribution in [0.4, 0.5) is 0 Å². The molecule has 1 unspecified atom stereocenters. The van der Waals surface area contributed by atoms with Crippen LogP contribution in [-0.4, -0.2) is 20.8 Å². The van der Waals surface area contributed by atoms with Crippen LogP contribution in [0.25, 0.3) is 0 Å². The first-order valence-corrected chi connectivity index (χ1v) is 5.79. The van der Waals surface area contributed by atoms with E-state index in [1.54, 1.807) is 6.33 Å². The normalized spacial score (nSPS) is 13.4. The molecule has 0 amide bonds. The average molecular weight is 210 g/mol. The smallest absolute Gasteiger partial charge is 0.138 e. The summed E-state index contributed by atoms with van der Waals surface area (Å²) < 4.78 is 1.97. The van der Waals surface area contributed by atoms with Gasteiger partial charge in [0.1, 0.15) is 12.2 Å². The molecule has 4 heteroatoms. The number of rotatable bonds is 6. The third-order valence-corrected chi connectivity index (χ3v) is 2.53. The van der Waals surface area contributed by atoms with Crippen molar-refractivity contribution in [1.82, 2.24) is 14.8 Å². The van der Waals surface area contributed by atoms with Crippen LogP contribution in [0.15, 0.2) is 6.33 Å². The molecule has 4 nitrogen and oxygen atoms in total. The highest BCUT2D eigenvalue weighted by Crippen LogP contribution is 2.09. The summed E-state index contributed by atoms with van der Waals surface area (Å²) in [6.07, 6.45) is 5.80. The zero-order valence-corrected chi connectivity index (χ0v) is 9.98. The third kappa shape index (κ3) is 3.63. The van der Waals surface area contributed by atoms with Crippen LogP contribution in [0.2, 0.25) is 0 Å². The van der Waals surface area contributed by atoms with Gasteiger partial charge in [-0.05, 0) is 26.7 Å². The van der Waals surface area contributed by atoms with E-state index in [0.29, 0.717) is 12.1 Å². The molecule has 0 fully saturated rings. The molecule has 1 rings (SSSR count). The number of hydrogen-bond donors (Lipinski definition) is 1. The van der Waals surface area contributed by atoms with Crippen molar-refractivity contribution in [2.24, 2.45) is 5.73 Å². The Kier molecular flexibility index (Phi) is 4.75. The number of nitrogens with two attached hydrogens (primary N) is 1.